The first-order valence-electron chi connectivity index (χ1n) is 8.94. The number of hydrogen-bond donors (Lipinski definition) is 1. The minimum atomic E-state index is -0.251. The Balaban J connectivity index is 0.00000243. The van der Waals surface area contributed by atoms with E-state index in [1.807, 2.05) is 41.3 Å². The molecule has 1 unspecified atom stereocenters. The van der Waals surface area contributed by atoms with Crippen LogP contribution in [-0.2, 0) is 11.2 Å². The van der Waals surface area contributed by atoms with Crippen LogP contribution in [0.4, 0.5) is 4.39 Å². The SMILES string of the molecule is Cl.NC(CC(=O)N1CCC(Cc2cccc(F)c2)CC1)c1ccccc1. The Hall–Kier alpha value is -1.91. The Kier molecular flexibility index (Phi) is 7.61. The third kappa shape index (κ3) is 5.55. The van der Waals surface area contributed by atoms with Gasteiger partial charge in [-0.15, -0.1) is 12.4 Å². The minimum Gasteiger partial charge on any atom is -0.343 e. The molecule has 1 aliphatic rings. The Morgan fingerprint density at radius 3 is 2.46 bits per heavy atom. The maximum atomic E-state index is 13.3. The molecule has 0 radical (unpaired) electrons. The van der Waals surface area contributed by atoms with E-state index in [0.717, 1.165) is 43.5 Å². The summed E-state index contributed by atoms with van der Waals surface area (Å²) in [7, 11) is 0. The molecule has 1 amide bonds. The van der Waals surface area contributed by atoms with Crippen LogP contribution < -0.4 is 5.73 Å². The van der Waals surface area contributed by atoms with Gasteiger partial charge in [0, 0.05) is 25.6 Å². The molecule has 0 bridgehead atoms. The summed E-state index contributed by atoms with van der Waals surface area (Å²) < 4.78 is 13.3. The molecule has 1 atom stereocenters. The van der Waals surface area contributed by atoms with Crippen LogP contribution in [0.15, 0.2) is 54.6 Å². The molecular formula is C21H26ClFN2O. The van der Waals surface area contributed by atoms with Crippen molar-refractivity contribution in [3.8, 4) is 0 Å². The zero-order valence-corrected chi connectivity index (χ0v) is 15.6. The van der Waals surface area contributed by atoms with Crippen LogP contribution in [0.2, 0.25) is 0 Å². The van der Waals surface area contributed by atoms with E-state index in [1.165, 1.54) is 6.07 Å². The summed E-state index contributed by atoms with van der Waals surface area (Å²) in [5.74, 6) is 0.453. The van der Waals surface area contributed by atoms with E-state index in [2.05, 4.69) is 0 Å². The number of rotatable bonds is 5. The van der Waals surface area contributed by atoms with Crippen molar-refractivity contribution in [1.29, 1.82) is 0 Å². The standard InChI is InChI=1S/C21H25FN2O.ClH/c22-19-8-4-5-17(14-19)13-16-9-11-24(12-10-16)21(25)15-20(23)18-6-2-1-3-7-18;/h1-8,14,16,20H,9-13,15,23H2;1H. The van der Waals surface area contributed by atoms with E-state index in [4.69, 9.17) is 5.73 Å². The summed E-state index contributed by atoms with van der Waals surface area (Å²) in [5.41, 5.74) is 8.20. The van der Waals surface area contributed by atoms with Crippen molar-refractivity contribution in [3.05, 3.63) is 71.5 Å². The maximum Gasteiger partial charge on any atom is 0.224 e. The van der Waals surface area contributed by atoms with Crippen LogP contribution in [0.5, 0.6) is 0 Å². The van der Waals surface area contributed by atoms with Crippen molar-refractivity contribution in [1.82, 2.24) is 4.90 Å². The number of piperidine rings is 1. The molecule has 2 aromatic carbocycles. The van der Waals surface area contributed by atoms with Gasteiger partial charge in [-0.05, 0) is 48.4 Å². The molecule has 5 heteroatoms. The van der Waals surface area contributed by atoms with E-state index in [-0.39, 0.29) is 30.2 Å². The first-order valence-corrected chi connectivity index (χ1v) is 8.94. The molecule has 0 saturated carbocycles. The third-order valence-electron chi connectivity index (χ3n) is 5.00. The number of hydrogen-bond acceptors (Lipinski definition) is 2. The average molecular weight is 377 g/mol. The number of carbonyl (C=O) groups is 1. The van der Waals surface area contributed by atoms with E-state index < -0.39 is 0 Å². The van der Waals surface area contributed by atoms with Crippen LogP contribution >= 0.6 is 12.4 Å². The fraction of sp³-hybridized carbons (Fsp3) is 0.381. The fourth-order valence-corrected chi connectivity index (χ4v) is 3.52. The highest BCUT2D eigenvalue weighted by Gasteiger charge is 2.24. The van der Waals surface area contributed by atoms with Crippen molar-refractivity contribution >= 4 is 18.3 Å². The summed E-state index contributed by atoms with van der Waals surface area (Å²) in [6.45, 7) is 1.53. The zero-order chi connectivity index (χ0) is 17.6. The third-order valence-corrected chi connectivity index (χ3v) is 5.00. The van der Waals surface area contributed by atoms with E-state index in [0.29, 0.717) is 12.3 Å². The van der Waals surface area contributed by atoms with Crippen LogP contribution in [-0.4, -0.2) is 23.9 Å². The second kappa shape index (κ2) is 9.70. The second-order valence-electron chi connectivity index (χ2n) is 6.88. The number of nitrogens with two attached hydrogens (primary N) is 1. The lowest BCUT2D eigenvalue weighted by Gasteiger charge is -2.32. The predicted molar refractivity (Wildman–Crippen MR) is 105 cm³/mol. The number of benzene rings is 2. The first kappa shape index (κ1) is 20.4. The lowest BCUT2D eigenvalue weighted by atomic mass is 9.90. The molecule has 2 N–H and O–H groups in total. The molecule has 3 nitrogen and oxygen atoms in total. The first-order chi connectivity index (χ1) is 12.1. The van der Waals surface area contributed by atoms with Gasteiger partial charge in [-0.3, -0.25) is 4.79 Å². The molecule has 26 heavy (non-hydrogen) atoms. The smallest absolute Gasteiger partial charge is 0.224 e. The number of likely N-dealkylation sites (tertiary alicyclic amines) is 1. The van der Waals surface area contributed by atoms with Gasteiger partial charge in [0.25, 0.3) is 0 Å². The van der Waals surface area contributed by atoms with Gasteiger partial charge in [-0.2, -0.15) is 0 Å². The minimum absolute atomic E-state index is 0. The Bertz CT molecular complexity index is 702. The van der Waals surface area contributed by atoms with Gasteiger partial charge in [0.05, 0.1) is 0 Å². The molecule has 0 aliphatic carbocycles. The average Bonchev–Trinajstić information content (AvgIpc) is 2.63. The monoisotopic (exact) mass is 376 g/mol. The number of carbonyl (C=O) groups excluding carboxylic acids is 1. The Labute approximate surface area is 160 Å². The topological polar surface area (TPSA) is 46.3 Å². The second-order valence-corrected chi connectivity index (χ2v) is 6.88. The molecule has 0 aromatic heterocycles. The van der Waals surface area contributed by atoms with Gasteiger partial charge in [-0.1, -0.05) is 42.5 Å². The van der Waals surface area contributed by atoms with Crippen molar-refractivity contribution < 1.29 is 9.18 Å². The fourth-order valence-electron chi connectivity index (χ4n) is 3.52. The Morgan fingerprint density at radius 1 is 1.12 bits per heavy atom. The lowest BCUT2D eigenvalue weighted by Crippen LogP contribution is -2.40. The van der Waals surface area contributed by atoms with Crippen LogP contribution in [0, 0.1) is 11.7 Å². The molecule has 1 heterocycles. The highest BCUT2D eigenvalue weighted by atomic mass is 35.5. The number of halogens is 2. The van der Waals surface area contributed by atoms with Crippen LogP contribution in [0.25, 0.3) is 0 Å². The molecule has 140 valence electrons. The summed E-state index contributed by atoms with van der Waals surface area (Å²) in [5, 5.41) is 0. The van der Waals surface area contributed by atoms with Gasteiger partial charge in [0.1, 0.15) is 5.82 Å². The maximum absolute atomic E-state index is 13.3. The van der Waals surface area contributed by atoms with Gasteiger partial charge < -0.3 is 10.6 Å². The van der Waals surface area contributed by atoms with Crippen molar-refractivity contribution in [2.24, 2.45) is 11.7 Å². The van der Waals surface area contributed by atoms with E-state index in [1.54, 1.807) is 12.1 Å². The van der Waals surface area contributed by atoms with E-state index in [9.17, 15) is 9.18 Å². The number of amides is 1. The highest BCUT2D eigenvalue weighted by Crippen LogP contribution is 2.23. The number of nitrogens with zero attached hydrogens (tertiary/aromatic N) is 1. The van der Waals surface area contributed by atoms with Gasteiger partial charge in [-0.25, -0.2) is 4.39 Å². The van der Waals surface area contributed by atoms with Gasteiger partial charge in [0.2, 0.25) is 5.91 Å². The van der Waals surface area contributed by atoms with Crippen molar-refractivity contribution in [3.63, 3.8) is 0 Å². The molecule has 3 rings (SSSR count). The normalized spacial score (nSPS) is 16.0. The molecule has 2 aromatic rings. The largest absolute Gasteiger partial charge is 0.343 e. The summed E-state index contributed by atoms with van der Waals surface area (Å²) >= 11 is 0. The van der Waals surface area contributed by atoms with Gasteiger partial charge >= 0.3 is 0 Å². The van der Waals surface area contributed by atoms with Crippen molar-refractivity contribution in [2.45, 2.75) is 31.7 Å². The molecule has 0 spiro atoms. The Morgan fingerprint density at radius 2 is 1.81 bits per heavy atom. The molecule has 1 fully saturated rings. The molecule has 1 saturated heterocycles. The quantitative estimate of drug-likeness (QED) is 0.853. The summed E-state index contributed by atoms with van der Waals surface area (Å²) in [6, 6.07) is 16.3. The zero-order valence-electron chi connectivity index (χ0n) is 14.8. The van der Waals surface area contributed by atoms with Crippen molar-refractivity contribution in [2.75, 3.05) is 13.1 Å². The molecular weight excluding hydrogens is 351 g/mol. The lowest BCUT2D eigenvalue weighted by molar-refractivity contribution is -0.133. The van der Waals surface area contributed by atoms with Crippen LogP contribution in [0.3, 0.4) is 0 Å². The summed E-state index contributed by atoms with van der Waals surface area (Å²) in [6.07, 6.45) is 3.15. The molecule has 1 aliphatic heterocycles. The van der Waals surface area contributed by atoms with Crippen LogP contribution in [0.1, 0.15) is 36.4 Å². The van der Waals surface area contributed by atoms with E-state index >= 15 is 0 Å². The highest BCUT2D eigenvalue weighted by molar-refractivity contribution is 5.85. The predicted octanol–water partition coefficient (Wildman–Crippen LogP) is 4.12. The van der Waals surface area contributed by atoms with Gasteiger partial charge in [0.15, 0.2) is 0 Å². The summed E-state index contributed by atoms with van der Waals surface area (Å²) in [4.78, 5) is 14.4.